The number of carbonyl (C=O) groups excluding carboxylic acids is 2. The highest BCUT2D eigenvalue weighted by Crippen LogP contribution is 2.44. The Labute approximate surface area is 199 Å². The first-order chi connectivity index (χ1) is 15.8. The van der Waals surface area contributed by atoms with Gasteiger partial charge in [0.1, 0.15) is 16.9 Å². The lowest BCUT2D eigenvalue weighted by atomic mass is 9.94. The lowest BCUT2D eigenvalue weighted by Gasteiger charge is -2.29. The Balaban J connectivity index is 1.57. The van der Waals surface area contributed by atoms with Crippen LogP contribution in [-0.2, 0) is 20.7 Å². The SMILES string of the molecule is COc1cc2cc(c1Cl)NC(=O)CC[C@]1(C)O[C@H]1CC1C[C@H](C/C=C/C=C(\C)C2)NC(=O)O1. The number of amides is 2. The third kappa shape index (κ3) is 5.89. The summed E-state index contributed by atoms with van der Waals surface area (Å²) in [6.07, 6.45) is 9.19. The Hall–Kier alpha value is -2.51. The van der Waals surface area contributed by atoms with Gasteiger partial charge < -0.3 is 24.8 Å². The number of fused-ring (bicyclic) bond motifs is 5. The minimum Gasteiger partial charge on any atom is -0.495 e. The van der Waals surface area contributed by atoms with Crippen molar-refractivity contribution in [2.24, 2.45) is 0 Å². The Morgan fingerprint density at radius 3 is 2.85 bits per heavy atom. The summed E-state index contributed by atoms with van der Waals surface area (Å²) in [5, 5.41) is 6.22. The van der Waals surface area contributed by atoms with E-state index in [1.807, 2.05) is 32.1 Å². The van der Waals surface area contributed by atoms with E-state index < -0.39 is 5.60 Å². The zero-order valence-corrected chi connectivity index (χ0v) is 20.0. The topological polar surface area (TPSA) is 89.2 Å². The highest BCUT2D eigenvalue weighted by atomic mass is 35.5. The number of hydrogen-bond acceptors (Lipinski definition) is 5. The predicted octanol–water partition coefficient (Wildman–Crippen LogP) is 4.93. The van der Waals surface area contributed by atoms with Gasteiger partial charge in [-0.05, 0) is 50.8 Å². The molecule has 2 amide bonds. The van der Waals surface area contributed by atoms with Gasteiger partial charge >= 0.3 is 6.09 Å². The molecule has 0 radical (unpaired) electrons. The fourth-order valence-electron chi connectivity index (χ4n) is 4.55. The summed E-state index contributed by atoms with van der Waals surface area (Å²) >= 11 is 6.46. The molecule has 7 nitrogen and oxygen atoms in total. The van der Waals surface area contributed by atoms with E-state index >= 15 is 0 Å². The third-order valence-corrected chi connectivity index (χ3v) is 6.91. The zero-order valence-electron chi connectivity index (χ0n) is 19.3. The van der Waals surface area contributed by atoms with Crippen LogP contribution < -0.4 is 15.4 Å². The molecule has 1 aromatic carbocycles. The number of rotatable bonds is 1. The van der Waals surface area contributed by atoms with Crippen LogP contribution in [0.2, 0.25) is 5.02 Å². The van der Waals surface area contributed by atoms with Gasteiger partial charge in [-0.3, -0.25) is 4.79 Å². The number of methoxy groups -OCH3 is 1. The van der Waals surface area contributed by atoms with Gasteiger partial charge in [-0.25, -0.2) is 4.79 Å². The van der Waals surface area contributed by atoms with Gasteiger partial charge in [-0.1, -0.05) is 35.4 Å². The summed E-state index contributed by atoms with van der Waals surface area (Å²) in [6.45, 7) is 4.05. The van der Waals surface area contributed by atoms with Gasteiger partial charge in [0.2, 0.25) is 5.91 Å². The van der Waals surface area contributed by atoms with Gasteiger partial charge in [-0.2, -0.15) is 0 Å². The average molecular weight is 475 g/mol. The molecule has 4 atom stereocenters. The van der Waals surface area contributed by atoms with Crippen LogP contribution >= 0.6 is 11.6 Å². The van der Waals surface area contributed by atoms with Gasteiger partial charge in [0.05, 0.1) is 24.5 Å². The van der Waals surface area contributed by atoms with Gasteiger partial charge in [0, 0.05) is 25.3 Å². The molecule has 3 heterocycles. The van der Waals surface area contributed by atoms with Crippen molar-refractivity contribution in [3.8, 4) is 5.75 Å². The number of carbonyl (C=O) groups is 2. The Morgan fingerprint density at radius 1 is 1.24 bits per heavy atom. The molecule has 0 saturated carbocycles. The summed E-state index contributed by atoms with van der Waals surface area (Å²) in [5.41, 5.74) is 2.29. The summed E-state index contributed by atoms with van der Waals surface area (Å²) in [7, 11) is 1.56. The fourth-order valence-corrected chi connectivity index (χ4v) is 4.78. The van der Waals surface area contributed by atoms with Crippen LogP contribution in [0.15, 0.2) is 35.9 Å². The second-order valence-corrected chi connectivity index (χ2v) is 9.70. The van der Waals surface area contributed by atoms with Crippen LogP contribution in [-0.4, -0.2) is 43.0 Å². The molecule has 8 heteroatoms. The molecule has 2 fully saturated rings. The van der Waals surface area contributed by atoms with Gasteiger partial charge in [-0.15, -0.1) is 0 Å². The first-order valence-electron chi connectivity index (χ1n) is 11.4. The van der Waals surface area contributed by atoms with E-state index in [9.17, 15) is 9.59 Å². The minimum absolute atomic E-state index is 0.0298. The molecular formula is C25H31ClN2O5. The van der Waals surface area contributed by atoms with Crippen LogP contribution in [0.3, 0.4) is 0 Å². The van der Waals surface area contributed by atoms with Crippen molar-refractivity contribution in [1.82, 2.24) is 5.32 Å². The molecule has 0 aliphatic carbocycles. The Kier molecular flexibility index (Phi) is 7.00. The molecule has 2 N–H and O–H groups in total. The molecular weight excluding hydrogens is 444 g/mol. The molecule has 4 rings (SSSR count). The van der Waals surface area contributed by atoms with Crippen LogP contribution in [0, 0.1) is 0 Å². The Morgan fingerprint density at radius 2 is 2.06 bits per heavy atom. The minimum atomic E-state index is -0.392. The third-order valence-electron chi connectivity index (χ3n) is 6.52. The Bertz CT molecular complexity index is 991. The van der Waals surface area contributed by atoms with Crippen molar-refractivity contribution >= 4 is 29.3 Å². The van der Waals surface area contributed by atoms with Crippen molar-refractivity contribution in [3.05, 3.63) is 46.5 Å². The molecule has 0 aromatic heterocycles. The molecule has 3 aliphatic rings. The smallest absolute Gasteiger partial charge is 0.407 e. The van der Waals surface area contributed by atoms with E-state index in [0.717, 1.165) is 24.0 Å². The highest BCUT2D eigenvalue weighted by molar-refractivity contribution is 6.35. The molecule has 2 saturated heterocycles. The van der Waals surface area contributed by atoms with Gasteiger partial charge in [0.15, 0.2) is 0 Å². The number of alkyl carbamates (subject to hydrolysis) is 1. The van der Waals surface area contributed by atoms with Gasteiger partial charge in [0.25, 0.3) is 0 Å². The molecule has 0 spiro atoms. The van der Waals surface area contributed by atoms with E-state index in [-0.39, 0.29) is 30.3 Å². The van der Waals surface area contributed by atoms with Crippen molar-refractivity contribution < 1.29 is 23.8 Å². The van der Waals surface area contributed by atoms with Crippen LogP contribution in [0.5, 0.6) is 5.75 Å². The maximum Gasteiger partial charge on any atom is 0.407 e. The largest absolute Gasteiger partial charge is 0.495 e. The number of epoxide rings is 1. The van der Waals surface area contributed by atoms with Crippen LogP contribution in [0.1, 0.15) is 51.5 Å². The molecule has 1 unspecified atom stereocenters. The van der Waals surface area contributed by atoms with E-state index in [1.165, 1.54) is 0 Å². The summed E-state index contributed by atoms with van der Waals surface area (Å²) in [4.78, 5) is 24.7. The molecule has 3 aliphatic heterocycles. The normalized spacial score (nSPS) is 32.8. The molecule has 4 bridgehead atoms. The summed E-state index contributed by atoms with van der Waals surface area (Å²) < 4.78 is 16.8. The summed E-state index contributed by atoms with van der Waals surface area (Å²) in [6, 6.07) is 3.82. The van der Waals surface area contributed by atoms with Crippen LogP contribution in [0.4, 0.5) is 10.5 Å². The lowest BCUT2D eigenvalue weighted by Crippen LogP contribution is -2.45. The predicted molar refractivity (Wildman–Crippen MR) is 127 cm³/mol. The summed E-state index contributed by atoms with van der Waals surface area (Å²) in [5.74, 6) is 0.396. The molecule has 178 valence electrons. The first-order valence-corrected chi connectivity index (χ1v) is 11.8. The molecule has 1 aromatic rings. The number of benzene rings is 1. The monoisotopic (exact) mass is 474 g/mol. The van der Waals surface area contributed by atoms with Crippen molar-refractivity contribution in [1.29, 1.82) is 0 Å². The number of halogens is 1. The van der Waals surface area contributed by atoms with E-state index in [2.05, 4.69) is 22.8 Å². The van der Waals surface area contributed by atoms with Crippen LogP contribution in [0.25, 0.3) is 0 Å². The van der Waals surface area contributed by atoms with Crippen molar-refractivity contribution in [3.63, 3.8) is 0 Å². The number of anilines is 1. The first kappa shape index (κ1) is 23.6. The van der Waals surface area contributed by atoms with Crippen molar-refractivity contribution in [2.45, 2.75) is 76.2 Å². The number of hydrogen-bond donors (Lipinski definition) is 2. The fraction of sp³-hybridized carbons (Fsp3) is 0.520. The standard InChI is InChI=1S/C25H31ClN2O5/c1-15-6-4-5-7-17-13-18(32-24(30)27-17)14-21-25(2,33-21)9-8-22(29)28-19-11-16(10-15)12-20(31-3)23(19)26/h4-6,11-12,17-18,21H,7-10,13-14H2,1-3H3,(H,27,30)(H,28,29)/b5-4+,15-6+/t17-,18?,21-,25-/m0/s1. The van der Waals surface area contributed by atoms with Crippen molar-refractivity contribution in [2.75, 3.05) is 12.4 Å². The van der Waals surface area contributed by atoms with E-state index in [4.69, 9.17) is 25.8 Å². The molecule has 33 heavy (non-hydrogen) atoms. The number of nitrogens with one attached hydrogen (secondary N) is 2. The maximum atomic E-state index is 12.7. The highest BCUT2D eigenvalue weighted by Gasteiger charge is 2.53. The van der Waals surface area contributed by atoms with E-state index in [1.54, 1.807) is 7.11 Å². The second kappa shape index (κ2) is 9.77. The maximum absolute atomic E-state index is 12.7. The average Bonchev–Trinajstić information content (AvgIpc) is 3.40. The second-order valence-electron chi connectivity index (χ2n) is 9.32. The van der Waals surface area contributed by atoms with E-state index in [0.29, 0.717) is 42.1 Å². The number of allylic oxidation sites excluding steroid dienone is 3. The number of ether oxygens (including phenoxy) is 3. The lowest BCUT2D eigenvalue weighted by molar-refractivity contribution is -0.116. The zero-order chi connectivity index (χ0) is 23.6. The quantitative estimate of drug-likeness (QED) is 0.563.